The zero-order chi connectivity index (χ0) is 23.3. The number of hydrogen-bond donors (Lipinski definition) is 2. The minimum Gasteiger partial charge on any atom is -0.350 e. The van der Waals surface area contributed by atoms with E-state index in [9.17, 15) is 9.59 Å². The van der Waals surface area contributed by atoms with Gasteiger partial charge in [0.2, 0.25) is 11.8 Å². The topological polar surface area (TPSA) is 76.0 Å². The first-order chi connectivity index (χ1) is 15.1. The maximum absolute atomic E-state index is 12.6. The third-order valence-electron chi connectivity index (χ3n) is 5.28. The number of amides is 2. The van der Waals surface area contributed by atoms with Crippen LogP contribution in [0.15, 0.2) is 60.7 Å². The van der Waals surface area contributed by atoms with Gasteiger partial charge in [-0.05, 0) is 31.5 Å². The molecule has 6 nitrogen and oxygen atoms in total. The molecule has 6 heteroatoms. The van der Waals surface area contributed by atoms with Gasteiger partial charge >= 0.3 is 0 Å². The molecule has 1 heterocycles. The first kappa shape index (κ1) is 23.3. The number of nitrogens with one attached hydrogen (secondary N) is 2. The lowest BCUT2D eigenvalue weighted by Crippen LogP contribution is -2.27. The average molecular weight is 433 g/mol. The van der Waals surface area contributed by atoms with Gasteiger partial charge in [-0.15, -0.1) is 0 Å². The van der Waals surface area contributed by atoms with Crippen molar-refractivity contribution in [3.63, 3.8) is 0 Å². The fraction of sp³-hybridized carbons (Fsp3) is 0.346. The number of benzene rings is 2. The molecule has 168 valence electrons. The molecule has 3 rings (SSSR count). The average Bonchev–Trinajstić information content (AvgIpc) is 3.17. The highest BCUT2D eigenvalue weighted by Gasteiger charge is 2.22. The van der Waals surface area contributed by atoms with Crippen molar-refractivity contribution in [2.45, 2.75) is 58.9 Å². The summed E-state index contributed by atoms with van der Waals surface area (Å²) >= 11 is 0. The largest absolute Gasteiger partial charge is 0.350 e. The number of carbonyl (C=O) groups excluding carboxylic acids is 2. The molecular weight excluding hydrogens is 400 g/mol. The van der Waals surface area contributed by atoms with Crippen LogP contribution in [0.4, 0.5) is 5.82 Å². The van der Waals surface area contributed by atoms with Gasteiger partial charge in [-0.1, -0.05) is 68.8 Å². The summed E-state index contributed by atoms with van der Waals surface area (Å²) in [5.74, 6) is 0.224. The van der Waals surface area contributed by atoms with Crippen molar-refractivity contribution in [2.24, 2.45) is 0 Å². The van der Waals surface area contributed by atoms with Crippen LogP contribution in [-0.2, 0) is 15.0 Å². The predicted octanol–water partition coefficient (Wildman–Crippen LogP) is 5.07. The molecule has 0 fully saturated rings. The van der Waals surface area contributed by atoms with Gasteiger partial charge in [0.15, 0.2) is 0 Å². The SMILES string of the molecule is Cc1ccc(-n2nc(C(C)(C)C)cc2NC(=O)CCC(=O)NC(C)c2ccccc2)cc1. The van der Waals surface area contributed by atoms with Gasteiger partial charge in [0.05, 0.1) is 17.4 Å². The van der Waals surface area contributed by atoms with E-state index in [2.05, 4.69) is 31.4 Å². The van der Waals surface area contributed by atoms with E-state index >= 15 is 0 Å². The molecule has 1 atom stereocenters. The predicted molar refractivity (Wildman–Crippen MR) is 128 cm³/mol. The standard InChI is InChI=1S/C26H32N4O2/c1-18-11-13-21(14-12-18)30-23(17-22(29-30)26(3,4)5)28-25(32)16-15-24(31)27-19(2)20-9-7-6-8-10-20/h6-14,17,19H,15-16H2,1-5H3,(H,27,31)(H,28,32). The Bertz CT molecular complexity index is 1060. The van der Waals surface area contributed by atoms with E-state index in [-0.39, 0.29) is 36.1 Å². The van der Waals surface area contributed by atoms with Crippen LogP contribution in [-0.4, -0.2) is 21.6 Å². The van der Waals surface area contributed by atoms with Gasteiger partial charge in [-0.3, -0.25) is 9.59 Å². The Morgan fingerprint density at radius 1 is 0.969 bits per heavy atom. The molecule has 0 aliphatic heterocycles. The number of hydrogen-bond acceptors (Lipinski definition) is 3. The molecule has 0 aliphatic carbocycles. The molecule has 32 heavy (non-hydrogen) atoms. The molecule has 3 aromatic rings. The number of aryl methyl sites for hydroxylation is 1. The van der Waals surface area contributed by atoms with Crippen LogP contribution in [0.1, 0.15) is 63.4 Å². The maximum atomic E-state index is 12.6. The summed E-state index contributed by atoms with van der Waals surface area (Å²) in [4.78, 5) is 25.0. The Balaban J connectivity index is 1.65. The number of carbonyl (C=O) groups is 2. The quantitative estimate of drug-likeness (QED) is 0.547. The normalized spacial score (nSPS) is 12.3. The van der Waals surface area contributed by atoms with Crippen molar-refractivity contribution in [2.75, 3.05) is 5.32 Å². The molecule has 0 spiro atoms. The number of nitrogens with zero attached hydrogens (tertiary/aromatic N) is 2. The summed E-state index contributed by atoms with van der Waals surface area (Å²) in [6.45, 7) is 10.2. The van der Waals surface area contributed by atoms with E-state index in [4.69, 9.17) is 5.10 Å². The lowest BCUT2D eigenvalue weighted by atomic mass is 9.92. The summed E-state index contributed by atoms with van der Waals surface area (Å²) in [7, 11) is 0. The second-order valence-electron chi connectivity index (χ2n) is 9.16. The van der Waals surface area contributed by atoms with Crippen LogP contribution in [0, 0.1) is 6.92 Å². The number of rotatable bonds is 7. The first-order valence-electron chi connectivity index (χ1n) is 11.0. The second kappa shape index (κ2) is 9.81. The summed E-state index contributed by atoms with van der Waals surface area (Å²) < 4.78 is 1.75. The summed E-state index contributed by atoms with van der Waals surface area (Å²) in [6, 6.07) is 19.5. The van der Waals surface area contributed by atoms with Gasteiger partial charge in [0.25, 0.3) is 0 Å². The van der Waals surface area contributed by atoms with E-state index in [1.165, 1.54) is 0 Å². The minimum atomic E-state index is -0.221. The molecule has 1 aromatic heterocycles. The van der Waals surface area contributed by atoms with Gasteiger partial charge in [-0.2, -0.15) is 5.10 Å². The fourth-order valence-electron chi connectivity index (χ4n) is 3.29. The number of anilines is 1. The second-order valence-corrected chi connectivity index (χ2v) is 9.16. The monoisotopic (exact) mass is 432 g/mol. The lowest BCUT2D eigenvalue weighted by molar-refractivity contribution is -0.124. The summed E-state index contributed by atoms with van der Waals surface area (Å²) in [5.41, 5.74) is 3.77. The van der Waals surface area contributed by atoms with Crippen LogP contribution in [0.25, 0.3) is 5.69 Å². The molecule has 0 saturated carbocycles. The molecule has 0 aliphatic rings. The zero-order valence-electron chi connectivity index (χ0n) is 19.5. The van der Waals surface area contributed by atoms with Crippen LogP contribution in [0.3, 0.4) is 0 Å². The molecule has 2 N–H and O–H groups in total. The van der Waals surface area contributed by atoms with Gasteiger partial charge < -0.3 is 10.6 Å². The number of aromatic nitrogens is 2. The Hall–Kier alpha value is -3.41. The van der Waals surface area contributed by atoms with Gasteiger partial charge in [0.1, 0.15) is 5.82 Å². The van der Waals surface area contributed by atoms with E-state index in [0.29, 0.717) is 5.82 Å². The maximum Gasteiger partial charge on any atom is 0.226 e. The molecule has 0 bridgehead atoms. The molecule has 2 aromatic carbocycles. The van der Waals surface area contributed by atoms with E-state index in [0.717, 1.165) is 22.5 Å². The molecule has 1 unspecified atom stereocenters. The van der Waals surface area contributed by atoms with Crippen LogP contribution in [0.5, 0.6) is 0 Å². The van der Waals surface area contributed by atoms with Crippen molar-refractivity contribution < 1.29 is 9.59 Å². The van der Waals surface area contributed by atoms with Gasteiger partial charge in [0, 0.05) is 24.3 Å². The first-order valence-corrected chi connectivity index (χ1v) is 11.0. The molecule has 0 saturated heterocycles. The molecular formula is C26H32N4O2. The summed E-state index contributed by atoms with van der Waals surface area (Å²) in [6.07, 6.45) is 0.213. The van der Waals surface area contributed by atoms with E-state index in [1.807, 2.05) is 74.5 Å². The van der Waals surface area contributed by atoms with E-state index in [1.54, 1.807) is 4.68 Å². The zero-order valence-corrected chi connectivity index (χ0v) is 19.5. The highest BCUT2D eigenvalue weighted by Crippen LogP contribution is 2.26. The highest BCUT2D eigenvalue weighted by atomic mass is 16.2. The third kappa shape index (κ3) is 6.06. The third-order valence-corrected chi connectivity index (χ3v) is 5.28. The fourth-order valence-corrected chi connectivity index (χ4v) is 3.29. The van der Waals surface area contributed by atoms with Crippen LogP contribution >= 0.6 is 0 Å². The van der Waals surface area contributed by atoms with Crippen LogP contribution < -0.4 is 10.6 Å². The van der Waals surface area contributed by atoms with Crippen LogP contribution in [0.2, 0.25) is 0 Å². The minimum absolute atomic E-state index is 0.0945. The lowest BCUT2D eigenvalue weighted by Gasteiger charge is -2.14. The van der Waals surface area contributed by atoms with Crippen molar-refractivity contribution in [3.05, 3.63) is 77.5 Å². The molecule has 0 radical (unpaired) electrons. The molecule has 2 amide bonds. The Morgan fingerprint density at radius 2 is 1.59 bits per heavy atom. The van der Waals surface area contributed by atoms with E-state index < -0.39 is 0 Å². The van der Waals surface area contributed by atoms with Gasteiger partial charge in [-0.25, -0.2) is 4.68 Å². The van der Waals surface area contributed by atoms with Crippen molar-refractivity contribution in [1.82, 2.24) is 15.1 Å². The smallest absolute Gasteiger partial charge is 0.226 e. The summed E-state index contributed by atoms with van der Waals surface area (Å²) in [5, 5.41) is 10.6. The highest BCUT2D eigenvalue weighted by molar-refractivity contribution is 5.93. The Morgan fingerprint density at radius 3 is 2.22 bits per heavy atom. The van der Waals surface area contributed by atoms with Crippen molar-refractivity contribution in [1.29, 1.82) is 0 Å². The van der Waals surface area contributed by atoms with Crippen molar-refractivity contribution in [3.8, 4) is 5.69 Å². The van der Waals surface area contributed by atoms with Crippen molar-refractivity contribution >= 4 is 17.6 Å². The Labute approximate surface area is 190 Å². The Kier molecular flexibility index (Phi) is 7.13.